The molecular formula is C32H53F3N2O5. The van der Waals surface area contributed by atoms with E-state index in [-0.39, 0.29) is 18.7 Å². The number of nitrogens with one attached hydrogen (secondary N) is 1. The number of hydrogen-bond acceptors (Lipinski definition) is 6. The number of esters is 1. The highest BCUT2D eigenvalue weighted by atomic mass is 19.4. The van der Waals surface area contributed by atoms with Crippen LogP contribution in [0.15, 0.2) is 55.2 Å². The molecule has 0 fully saturated rings. The summed E-state index contributed by atoms with van der Waals surface area (Å²) < 4.78 is 43.3. The highest BCUT2D eigenvalue weighted by Gasteiger charge is 2.27. The van der Waals surface area contributed by atoms with Gasteiger partial charge < -0.3 is 24.8 Å². The molecule has 0 saturated heterocycles. The summed E-state index contributed by atoms with van der Waals surface area (Å²) in [7, 11) is 2.86. The number of carbonyl (C=O) groups excluding carboxylic acids is 2. The first-order valence-corrected chi connectivity index (χ1v) is 14.2. The molecule has 10 heteroatoms. The van der Waals surface area contributed by atoms with Crippen LogP contribution in [0.25, 0.3) is 0 Å². The minimum absolute atomic E-state index is 0.0704. The predicted octanol–water partition coefficient (Wildman–Crippen LogP) is 7.61. The molecule has 1 aromatic carbocycles. The van der Waals surface area contributed by atoms with Gasteiger partial charge in [-0.15, -0.1) is 0 Å². The van der Waals surface area contributed by atoms with Gasteiger partial charge in [-0.1, -0.05) is 78.5 Å². The molecule has 0 radical (unpaired) electrons. The Bertz CT molecular complexity index is 918. The van der Waals surface area contributed by atoms with Crippen molar-refractivity contribution in [2.24, 2.45) is 0 Å². The highest BCUT2D eigenvalue weighted by molar-refractivity contribution is 5.92. The number of halogens is 3. The number of aliphatic hydroxyl groups is 1. The molecule has 0 aromatic heterocycles. The molecule has 1 rings (SSSR count). The largest absolute Gasteiger partial charge is 0.496 e. The van der Waals surface area contributed by atoms with Crippen molar-refractivity contribution in [1.82, 2.24) is 10.2 Å². The number of aliphatic hydroxyl groups excluding tert-OH is 1. The monoisotopic (exact) mass is 602 g/mol. The van der Waals surface area contributed by atoms with E-state index in [0.29, 0.717) is 30.8 Å². The SMILES string of the molecule is C=C(C)C(F)(F)F.C=C/C=C/CN(CO)C(=O)CCCC(CC)NCc1ccc(OC)c(C(=O)OC)c1.CC.CCC. The number of hydrogen-bond donors (Lipinski definition) is 2. The van der Waals surface area contributed by atoms with Gasteiger partial charge >= 0.3 is 12.1 Å². The number of amides is 1. The van der Waals surface area contributed by atoms with E-state index in [9.17, 15) is 27.9 Å². The Labute approximate surface area is 251 Å². The minimum Gasteiger partial charge on any atom is -0.496 e. The van der Waals surface area contributed by atoms with Gasteiger partial charge in [-0.3, -0.25) is 4.79 Å². The number of carbonyl (C=O) groups is 2. The predicted molar refractivity (Wildman–Crippen MR) is 165 cm³/mol. The van der Waals surface area contributed by atoms with Crippen molar-refractivity contribution in [3.05, 3.63) is 66.3 Å². The lowest BCUT2D eigenvalue weighted by Crippen LogP contribution is -2.32. The highest BCUT2D eigenvalue weighted by Crippen LogP contribution is 2.22. The zero-order chi connectivity index (χ0) is 33.1. The van der Waals surface area contributed by atoms with E-state index < -0.39 is 17.7 Å². The molecule has 0 saturated carbocycles. The summed E-state index contributed by atoms with van der Waals surface area (Å²) in [6, 6.07) is 5.67. The summed E-state index contributed by atoms with van der Waals surface area (Å²) in [6.07, 6.45) is 5.09. The first-order chi connectivity index (χ1) is 19.9. The molecule has 7 nitrogen and oxygen atoms in total. The van der Waals surface area contributed by atoms with Gasteiger partial charge in [0.1, 0.15) is 18.0 Å². The normalized spacial score (nSPS) is 11.0. The first-order valence-electron chi connectivity index (χ1n) is 14.2. The van der Waals surface area contributed by atoms with Crippen LogP contribution in [0, 0.1) is 0 Å². The number of methoxy groups -OCH3 is 2. The smallest absolute Gasteiger partial charge is 0.411 e. The lowest BCUT2D eigenvalue weighted by Gasteiger charge is -2.20. The summed E-state index contributed by atoms with van der Waals surface area (Å²) in [5.74, 6) is -0.0258. The number of rotatable bonds is 14. The van der Waals surface area contributed by atoms with Crippen molar-refractivity contribution in [3.8, 4) is 5.75 Å². The van der Waals surface area contributed by atoms with E-state index in [4.69, 9.17) is 9.47 Å². The van der Waals surface area contributed by atoms with Crippen molar-refractivity contribution in [1.29, 1.82) is 0 Å². The van der Waals surface area contributed by atoms with E-state index >= 15 is 0 Å². The molecular weight excluding hydrogens is 549 g/mol. The lowest BCUT2D eigenvalue weighted by molar-refractivity contribution is -0.134. The molecule has 0 heterocycles. The van der Waals surface area contributed by atoms with Crippen molar-refractivity contribution < 1.29 is 37.3 Å². The second-order valence-electron chi connectivity index (χ2n) is 8.81. The lowest BCUT2D eigenvalue weighted by atomic mass is 10.1. The van der Waals surface area contributed by atoms with Crippen LogP contribution < -0.4 is 10.1 Å². The number of nitrogens with zero attached hydrogens (tertiary/aromatic N) is 1. The Hall–Kier alpha value is -3.11. The van der Waals surface area contributed by atoms with Crippen LogP contribution in [0.3, 0.4) is 0 Å². The third-order valence-corrected chi connectivity index (χ3v) is 5.31. The van der Waals surface area contributed by atoms with E-state index in [0.717, 1.165) is 31.7 Å². The van der Waals surface area contributed by atoms with E-state index in [1.807, 2.05) is 19.9 Å². The molecule has 0 aliphatic heterocycles. The molecule has 2 N–H and O–H groups in total. The van der Waals surface area contributed by atoms with Gasteiger partial charge in [-0.2, -0.15) is 13.2 Å². The fraction of sp³-hybridized carbons (Fsp3) is 0.562. The standard InChI is InChI=1S/C23H34N2O5.C4H5F3.C3H8.C2H6/c1-5-7-8-14-25(17-26)22(27)11-9-10-19(6-2)24-16-18-12-13-21(29-3)20(15-18)23(28)30-4;1-3(2)4(5,6)7;1-3-2;1-2/h5,7-8,12-13,15,19,24,26H,1,6,9-11,14,16-17H2,2-4H3;1H2,2H3;3H2,1-2H3;1-2H3/b8-7+;;;. The molecule has 0 aliphatic carbocycles. The van der Waals surface area contributed by atoms with E-state index in [1.165, 1.54) is 25.5 Å². The molecule has 0 spiro atoms. The number of allylic oxidation sites excluding steroid dienone is 3. The van der Waals surface area contributed by atoms with Gasteiger partial charge in [0.25, 0.3) is 0 Å². The molecule has 242 valence electrons. The summed E-state index contributed by atoms with van der Waals surface area (Å²) in [5, 5.41) is 12.8. The molecule has 1 unspecified atom stereocenters. The van der Waals surface area contributed by atoms with Crippen LogP contribution in [0.4, 0.5) is 13.2 Å². The van der Waals surface area contributed by atoms with E-state index in [1.54, 1.807) is 30.4 Å². The maximum absolute atomic E-state index is 12.2. The third kappa shape index (κ3) is 20.7. The Morgan fingerprint density at radius 3 is 2.17 bits per heavy atom. The second-order valence-corrected chi connectivity index (χ2v) is 8.81. The Morgan fingerprint density at radius 2 is 1.74 bits per heavy atom. The van der Waals surface area contributed by atoms with Crippen LogP contribution in [0.1, 0.15) is 89.6 Å². The van der Waals surface area contributed by atoms with Crippen LogP contribution in [0.2, 0.25) is 0 Å². The van der Waals surface area contributed by atoms with Crippen molar-refractivity contribution in [3.63, 3.8) is 0 Å². The van der Waals surface area contributed by atoms with Crippen LogP contribution >= 0.6 is 0 Å². The summed E-state index contributed by atoms with van der Waals surface area (Å²) >= 11 is 0. The van der Waals surface area contributed by atoms with Crippen molar-refractivity contribution in [2.45, 2.75) is 92.4 Å². The summed E-state index contributed by atoms with van der Waals surface area (Å²) in [6.45, 7) is 18.2. The molecule has 0 aliphatic rings. The third-order valence-electron chi connectivity index (χ3n) is 5.31. The van der Waals surface area contributed by atoms with Gasteiger partial charge in [0.2, 0.25) is 5.91 Å². The second kappa shape index (κ2) is 26.8. The minimum atomic E-state index is -4.19. The first kappa shape index (κ1) is 43.3. The Kier molecular flexibility index (Phi) is 27.6. The summed E-state index contributed by atoms with van der Waals surface area (Å²) in [5.41, 5.74) is 0.589. The maximum Gasteiger partial charge on any atom is 0.411 e. The molecule has 1 amide bonds. The van der Waals surface area contributed by atoms with Crippen LogP contribution in [-0.2, 0) is 16.1 Å². The summed E-state index contributed by atoms with van der Waals surface area (Å²) in [4.78, 5) is 25.6. The Morgan fingerprint density at radius 1 is 1.17 bits per heavy atom. The quantitative estimate of drug-likeness (QED) is 0.0987. The average molecular weight is 603 g/mol. The van der Waals surface area contributed by atoms with E-state index in [2.05, 4.69) is 39.2 Å². The van der Waals surface area contributed by atoms with Crippen molar-refractivity contribution in [2.75, 3.05) is 27.5 Å². The number of benzene rings is 1. The molecule has 42 heavy (non-hydrogen) atoms. The number of ether oxygens (including phenoxy) is 2. The maximum atomic E-state index is 12.2. The fourth-order valence-corrected chi connectivity index (χ4v) is 3.03. The average Bonchev–Trinajstić information content (AvgIpc) is 2.97. The van der Waals surface area contributed by atoms with Gasteiger partial charge in [0.15, 0.2) is 0 Å². The zero-order valence-corrected chi connectivity index (χ0v) is 26.8. The van der Waals surface area contributed by atoms with Gasteiger partial charge in [-0.05, 0) is 43.9 Å². The topological polar surface area (TPSA) is 88.1 Å². The van der Waals surface area contributed by atoms with Gasteiger partial charge in [0.05, 0.1) is 14.2 Å². The zero-order valence-electron chi connectivity index (χ0n) is 26.8. The van der Waals surface area contributed by atoms with Gasteiger partial charge in [0, 0.05) is 31.1 Å². The van der Waals surface area contributed by atoms with Crippen LogP contribution in [0.5, 0.6) is 5.75 Å². The number of alkyl halides is 3. The molecule has 1 atom stereocenters. The Balaban J connectivity index is -0.00000107. The molecule has 0 bridgehead atoms. The fourth-order valence-electron chi connectivity index (χ4n) is 3.03. The van der Waals surface area contributed by atoms with Crippen LogP contribution in [-0.4, -0.2) is 61.6 Å². The molecule has 1 aromatic rings. The van der Waals surface area contributed by atoms with Crippen molar-refractivity contribution >= 4 is 11.9 Å². The van der Waals surface area contributed by atoms with Gasteiger partial charge in [-0.25, -0.2) is 4.79 Å².